The van der Waals surface area contributed by atoms with E-state index in [9.17, 15) is 29.3 Å². The van der Waals surface area contributed by atoms with E-state index in [1.54, 1.807) is 0 Å². The van der Waals surface area contributed by atoms with Crippen molar-refractivity contribution in [3.63, 3.8) is 0 Å². The molecule has 0 saturated heterocycles. The Bertz CT molecular complexity index is 1150. The van der Waals surface area contributed by atoms with Crippen LogP contribution in [0.4, 0.5) is 0 Å². The summed E-state index contributed by atoms with van der Waals surface area (Å²) < 4.78 is 32.7. The topological polar surface area (TPSA) is 169 Å². The van der Waals surface area contributed by atoms with Gasteiger partial charge in [-0.25, -0.2) is 4.57 Å². The van der Waals surface area contributed by atoms with Crippen molar-refractivity contribution in [3.05, 3.63) is 48.6 Å². The van der Waals surface area contributed by atoms with Crippen molar-refractivity contribution in [1.29, 1.82) is 0 Å². The lowest BCUT2D eigenvalue weighted by atomic mass is 10.0. The summed E-state index contributed by atoms with van der Waals surface area (Å²) in [6, 6.07) is 0. The molecular weight excluding hydrogens is 771 g/mol. The van der Waals surface area contributed by atoms with Crippen LogP contribution in [-0.4, -0.2) is 76.9 Å². The summed E-state index contributed by atoms with van der Waals surface area (Å²) >= 11 is 0. The molecule has 1 unspecified atom stereocenters. The van der Waals surface area contributed by atoms with Gasteiger partial charge in [-0.05, 0) is 44.4 Å². The third-order valence-corrected chi connectivity index (χ3v) is 10.7. The van der Waals surface area contributed by atoms with E-state index >= 15 is 0 Å². The number of esters is 2. The van der Waals surface area contributed by atoms with Gasteiger partial charge in [0.05, 0.1) is 25.9 Å². The highest BCUT2D eigenvalue weighted by Crippen LogP contribution is 2.43. The Morgan fingerprint density at radius 2 is 1.14 bits per heavy atom. The molecule has 4 N–H and O–H groups in total. The van der Waals surface area contributed by atoms with E-state index < -0.39 is 51.8 Å². The molecule has 0 spiro atoms. The first-order valence-corrected chi connectivity index (χ1v) is 24.6. The minimum Gasteiger partial charge on any atom is -0.462 e. The number of hydrogen-bond acceptors (Lipinski definition) is 10. The number of rotatable bonds is 42. The maximum Gasteiger partial charge on any atom is 0.472 e. The molecule has 0 aromatic heterocycles. The Labute approximate surface area is 358 Å². The van der Waals surface area contributed by atoms with Crippen LogP contribution in [0.1, 0.15) is 188 Å². The molecule has 11 nitrogen and oxygen atoms in total. The second-order valence-corrected chi connectivity index (χ2v) is 17.6. The Morgan fingerprint density at radius 1 is 0.610 bits per heavy atom. The fourth-order valence-electron chi connectivity index (χ4n) is 6.16. The molecule has 0 heterocycles. The molecule has 12 heteroatoms. The summed E-state index contributed by atoms with van der Waals surface area (Å²) in [6.45, 7) is 4.53. The third kappa shape index (κ3) is 42.4. The van der Waals surface area contributed by atoms with E-state index in [1.807, 2.05) is 36.5 Å². The van der Waals surface area contributed by atoms with E-state index in [-0.39, 0.29) is 25.6 Å². The SMILES string of the molecule is CCCCC[C@@H](O)/C=C/C=C\C/C=C\C/C=C\CCCC(=O)OC[C@H](COP(=O)(O)OC[C@@H](O)CO)OC(=O)CCCCCCCCCCCCCCCCCC(C)C. The van der Waals surface area contributed by atoms with Crippen LogP contribution in [0.3, 0.4) is 0 Å². The van der Waals surface area contributed by atoms with Gasteiger partial charge < -0.3 is 29.7 Å². The van der Waals surface area contributed by atoms with Crippen molar-refractivity contribution < 1.29 is 52.9 Å². The Balaban J connectivity index is 4.37. The second-order valence-electron chi connectivity index (χ2n) is 16.1. The largest absolute Gasteiger partial charge is 0.472 e. The Kier molecular flexibility index (Phi) is 39.8. The molecule has 0 aliphatic carbocycles. The fraction of sp³-hybridized carbons (Fsp3) is 0.787. The van der Waals surface area contributed by atoms with Crippen LogP contribution in [0.5, 0.6) is 0 Å². The predicted octanol–water partition coefficient (Wildman–Crippen LogP) is 11.3. The zero-order valence-electron chi connectivity index (χ0n) is 37.2. The zero-order valence-corrected chi connectivity index (χ0v) is 38.1. The van der Waals surface area contributed by atoms with Gasteiger partial charge in [0.1, 0.15) is 12.7 Å². The summed E-state index contributed by atoms with van der Waals surface area (Å²) in [7, 11) is -4.64. The number of phosphoric ester groups is 1. The molecule has 0 aromatic carbocycles. The van der Waals surface area contributed by atoms with Crippen molar-refractivity contribution in [2.24, 2.45) is 5.92 Å². The first-order valence-electron chi connectivity index (χ1n) is 23.1. The van der Waals surface area contributed by atoms with Crippen LogP contribution in [-0.2, 0) is 32.7 Å². The highest BCUT2D eigenvalue weighted by Gasteiger charge is 2.27. The average molecular weight is 857 g/mol. The van der Waals surface area contributed by atoms with Crippen LogP contribution >= 0.6 is 7.82 Å². The zero-order chi connectivity index (χ0) is 43.7. The van der Waals surface area contributed by atoms with E-state index in [0.29, 0.717) is 19.3 Å². The molecule has 4 atom stereocenters. The van der Waals surface area contributed by atoms with Gasteiger partial charge in [0.15, 0.2) is 6.10 Å². The van der Waals surface area contributed by atoms with Gasteiger partial charge in [-0.15, -0.1) is 0 Å². The quantitative estimate of drug-likeness (QED) is 0.0151. The minimum atomic E-state index is -4.64. The van der Waals surface area contributed by atoms with Crippen LogP contribution < -0.4 is 0 Å². The van der Waals surface area contributed by atoms with Gasteiger partial charge in [-0.3, -0.25) is 18.6 Å². The number of carbonyl (C=O) groups excluding carboxylic acids is 2. The monoisotopic (exact) mass is 857 g/mol. The minimum absolute atomic E-state index is 0.146. The molecule has 0 rings (SSSR count). The maximum absolute atomic E-state index is 12.6. The molecule has 0 fully saturated rings. The fourth-order valence-corrected chi connectivity index (χ4v) is 6.95. The number of aliphatic hydroxyl groups excluding tert-OH is 3. The summed E-state index contributed by atoms with van der Waals surface area (Å²) in [5, 5.41) is 28.2. The van der Waals surface area contributed by atoms with Gasteiger partial charge >= 0.3 is 19.8 Å². The molecule has 0 saturated carbocycles. The van der Waals surface area contributed by atoms with Crippen molar-refractivity contribution >= 4 is 19.8 Å². The molecule has 59 heavy (non-hydrogen) atoms. The summed E-state index contributed by atoms with van der Waals surface area (Å²) in [6.07, 6.45) is 39.8. The number of ether oxygens (including phenoxy) is 2. The van der Waals surface area contributed by atoms with Crippen LogP contribution in [0, 0.1) is 5.92 Å². The van der Waals surface area contributed by atoms with Crippen LogP contribution in [0.2, 0.25) is 0 Å². The summed E-state index contributed by atoms with van der Waals surface area (Å²) in [4.78, 5) is 35.0. The van der Waals surface area contributed by atoms with E-state index in [2.05, 4.69) is 37.4 Å². The highest BCUT2D eigenvalue weighted by atomic mass is 31.2. The molecule has 344 valence electrons. The van der Waals surface area contributed by atoms with Gasteiger partial charge in [0.2, 0.25) is 0 Å². The number of allylic oxidation sites excluding steroid dienone is 7. The van der Waals surface area contributed by atoms with Gasteiger partial charge in [-0.1, -0.05) is 185 Å². The van der Waals surface area contributed by atoms with Crippen LogP contribution in [0.15, 0.2) is 48.6 Å². The molecule has 0 aliphatic rings. The first kappa shape index (κ1) is 56.9. The lowest BCUT2D eigenvalue weighted by Crippen LogP contribution is -2.29. The Morgan fingerprint density at radius 3 is 1.73 bits per heavy atom. The lowest BCUT2D eigenvalue weighted by Gasteiger charge is -2.20. The van der Waals surface area contributed by atoms with Crippen molar-refractivity contribution in [3.8, 4) is 0 Å². The predicted molar refractivity (Wildman–Crippen MR) is 239 cm³/mol. The number of unbranched alkanes of at least 4 members (excludes halogenated alkanes) is 17. The average Bonchev–Trinajstić information content (AvgIpc) is 3.20. The smallest absolute Gasteiger partial charge is 0.462 e. The van der Waals surface area contributed by atoms with Gasteiger partial charge in [0.25, 0.3) is 0 Å². The highest BCUT2D eigenvalue weighted by molar-refractivity contribution is 7.47. The maximum atomic E-state index is 12.6. The summed E-state index contributed by atoms with van der Waals surface area (Å²) in [5.74, 6) is -0.192. The van der Waals surface area contributed by atoms with E-state index in [0.717, 1.165) is 63.7 Å². The van der Waals surface area contributed by atoms with E-state index in [4.69, 9.17) is 19.1 Å². The number of phosphoric acid groups is 1. The van der Waals surface area contributed by atoms with Gasteiger partial charge in [-0.2, -0.15) is 0 Å². The molecular formula is C47H85O11P. The number of carbonyl (C=O) groups is 2. The molecule has 0 aliphatic heterocycles. The van der Waals surface area contributed by atoms with Crippen molar-refractivity contribution in [1.82, 2.24) is 0 Å². The lowest BCUT2D eigenvalue weighted by molar-refractivity contribution is -0.161. The number of aliphatic hydroxyl groups is 3. The normalized spacial score (nSPS) is 14.8. The second kappa shape index (κ2) is 41.3. The van der Waals surface area contributed by atoms with Crippen molar-refractivity contribution in [2.45, 2.75) is 206 Å². The van der Waals surface area contributed by atoms with Crippen molar-refractivity contribution in [2.75, 3.05) is 26.4 Å². The molecule has 0 aromatic rings. The standard InChI is InChI=1S/C47H85O11P/c1-4-5-28-34-43(49)35-30-25-21-17-13-11-15-18-22-26-31-36-46(51)55-40-45(41-57-59(53,54)56-39-44(50)38-48)58-47(52)37-32-27-23-19-14-10-8-6-7-9-12-16-20-24-29-33-42(2)3/h11,13,18,21-22,25,30,35,42-45,48-50H,4-10,12,14-17,19-20,23-24,26-29,31-34,36-41H2,1-3H3,(H,53,54)/b13-11-,22-18-,25-21-,35-30+/t43-,44+,45-/m1/s1. The molecule has 0 radical (unpaired) electrons. The summed E-state index contributed by atoms with van der Waals surface area (Å²) in [5.41, 5.74) is 0. The third-order valence-electron chi connectivity index (χ3n) is 9.77. The number of hydrogen-bond donors (Lipinski definition) is 4. The molecule has 0 bridgehead atoms. The van der Waals surface area contributed by atoms with E-state index in [1.165, 1.54) is 77.0 Å². The van der Waals surface area contributed by atoms with Crippen LogP contribution in [0.25, 0.3) is 0 Å². The molecule has 0 amide bonds. The first-order chi connectivity index (χ1) is 28.5. The van der Waals surface area contributed by atoms with Gasteiger partial charge in [0, 0.05) is 12.8 Å². The Hall–Kier alpha value is -2.11.